The highest BCUT2D eigenvalue weighted by molar-refractivity contribution is 7.89. The Morgan fingerprint density at radius 1 is 1.42 bits per heavy atom. The van der Waals surface area contributed by atoms with E-state index < -0.39 is 10.0 Å². The molecule has 0 aliphatic carbocycles. The molecule has 19 heavy (non-hydrogen) atoms. The molecule has 104 valence electrons. The van der Waals surface area contributed by atoms with E-state index in [1.54, 1.807) is 12.1 Å². The quantitative estimate of drug-likeness (QED) is 0.868. The summed E-state index contributed by atoms with van der Waals surface area (Å²) in [5.41, 5.74) is 2.11. The molecule has 0 saturated carbocycles. The van der Waals surface area contributed by atoms with Crippen molar-refractivity contribution in [2.24, 2.45) is 0 Å². The Bertz CT molecular complexity index is 565. The van der Waals surface area contributed by atoms with Gasteiger partial charge in [-0.2, -0.15) is 0 Å². The third-order valence-electron chi connectivity index (χ3n) is 3.62. The highest BCUT2D eigenvalue weighted by Gasteiger charge is 2.21. The molecule has 0 unspecified atom stereocenters. The van der Waals surface area contributed by atoms with Crippen molar-refractivity contribution in [2.45, 2.75) is 30.3 Å². The van der Waals surface area contributed by atoms with Crippen LogP contribution in [0.1, 0.15) is 18.4 Å². The average molecular weight is 282 g/mol. The lowest BCUT2D eigenvalue weighted by Crippen LogP contribution is -2.31. The summed E-state index contributed by atoms with van der Waals surface area (Å²) in [5, 5.41) is 3.22. The first-order valence-electron chi connectivity index (χ1n) is 6.63. The molecular formula is C13H18N2O3S. The van der Waals surface area contributed by atoms with Gasteiger partial charge in [0.15, 0.2) is 0 Å². The van der Waals surface area contributed by atoms with E-state index >= 15 is 0 Å². The van der Waals surface area contributed by atoms with Crippen LogP contribution >= 0.6 is 0 Å². The van der Waals surface area contributed by atoms with Crippen LogP contribution in [0.3, 0.4) is 0 Å². The fourth-order valence-corrected chi connectivity index (χ4v) is 3.66. The predicted octanol–water partition coefficient (Wildman–Crippen LogP) is 1.11. The van der Waals surface area contributed by atoms with Crippen molar-refractivity contribution in [3.63, 3.8) is 0 Å². The number of benzene rings is 1. The van der Waals surface area contributed by atoms with Crippen LogP contribution < -0.4 is 10.0 Å². The van der Waals surface area contributed by atoms with Crippen molar-refractivity contribution in [3.05, 3.63) is 23.8 Å². The summed E-state index contributed by atoms with van der Waals surface area (Å²) in [5.74, 6) is 0. The van der Waals surface area contributed by atoms with E-state index in [1.807, 2.05) is 6.07 Å². The summed E-state index contributed by atoms with van der Waals surface area (Å²) in [4.78, 5) is 0.341. The van der Waals surface area contributed by atoms with Gasteiger partial charge in [0.05, 0.1) is 11.0 Å². The van der Waals surface area contributed by atoms with Gasteiger partial charge in [-0.05, 0) is 43.0 Å². The first-order valence-corrected chi connectivity index (χ1v) is 8.11. The molecule has 2 aliphatic rings. The van der Waals surface area contributed by atoms with Crippen molar-refractivity contribution < 1.29 is 13.2 Å². The van der Waals surface area contributed by atoms with E-state index in [0.29, 0.717) is 11.4 Å². The molecule has 0 bridgehead atoms. The maximum atomic E-state index is 12.2. The lowest BCUT2D eigenvalue weighted by Gasteiger charge is -2.12. The van der Waals surface area contributed by atoms with Crippen LogP contribution in [-0.2, 0) is 21.2 Å². The third kappa shape index (κ3) is 2.75. The van der Waals surface area contributed by atoms with Crippen LogP contribution in [0.25, 0.3) is 0 Å². The Kier molecular flexibility index (Phi) is 3.47. The summed E-state index contributed by atoms with van der Waals surface area (Å²) in [6.45, 7) is 1.97. The van der Waals surface area contributed by atoms with E-state index in [4.69, 9.17) is 4.74 Å². The van der Waals surface area contributed by atoms with E-state index in [9.17, 15) is 8.42 Å². The molecule has 0 amide bonds. The molecule has 0 spiro atoms. The van der Waals surface area contributed by atoms with Crippen LogP contribution in [0.5, 0.6) is 0 Å². The van der Waals surface area contributed by atoms with Gasteiger partial charge in [0.2, 0.25) is 10.0 Å². The molecule has 1 aromatic rings. The lowest BCUT2D eigenvalue weighted by molar-refractivity contribution is 0.114. The Labute approximate surface area is 113 Å². The van der Waals surface area contributed by atoms with Gasteiger partial charge in [0.25, 0.3) is 0 Å². The maximum absolute atomic E-state index is 12.2. The van der Waals surface area contributed by atoms with Gasteiger partial charge in [0, 0.05) is 25.4 Å². The first-order chi connectivity index (χ1) is 9.15. The fourth-order valence-electron chi connectivity index (χ4n) is 2.54. The first kappa shape index (κ1) is 12.9. The number of rotatable bonds is 4. The van der Waals surface area contributed by atoms with Gasteiger partial charge in [-0.25, -0.2) is 13.1 Å². The van der Waals surface area contributed by atoms with Crippen LogP contribution in [0.4, 0.5) is 5.69 Å². The molecule has 0 radical (unpaired) electrons. The molecule has 6 heteroatoms. The number of fused-ring (bicyclic) bond motifs is 1. The van der Waals surface area contributed by atoms with Gasteiger partial charge in [-0.3, -0.25) is 0 Å². The van der Waals surface area contributed by atoms with Crippen molar-refractivity contribution in [2.75, 3.05) is 25.0 Å². The summed E-state index contributed by atoms with van der Waals surface area (Å²) < 4.78 is 32.5. The highest BCUT2D eigenvalue weighted by atomic mass is 32.2. The number of anilines is 1. The van der Waals surface area contributed by atoms with Crippen LogP contribution in [-0.4, -0.2) is 34.2 Å². The van der Waals surface area contributed by atoms with Crippen molar-refractivity contribution in [1.82, 2.24) is 4.72 Å². The number of hydrogen-bond donors (Lipinski definition) is 2. The summed E-state index contributed by atoms with van der Waals surface area (Å²) in [7, 11) is -3.43. The standard InChI is InChI=1S/C13H18N2O3S/c16-19(17,15-9-11-2-1-7-18-11)12-3-4-13-10(8-12)5-6-14-13/h3-4,8,11,14-15H,1-2,5-7,9H2/t11-/m0/s1. The molecule has 2 aliphatic heterocycles. The number of nitrogens with one attached hydrogen (secondary N) is 2. The minimum Gasteiger partial charge on any atom is -0.384 e. The molecular weight excluding hydrogens is 264 g/mol. The average Bonchev–Trinajstić information content (AvgIpc) is 3.06. The van der Waals surface area contributed by atoms with Crippen molar-refractivity contribution in [1.29, 1.82) is 0 Å². The second kappa shape index (κ2) is 5.11. The summed E-state index contributed by atoms with van der Waals surface area (Å²) in [6, 6.07) is 5.24. The lowest BCUT2D eigenvalue weighted by atomic mass is 10.2. The zero-order valence-electron chi connectivity index (χ0n) is 10.7. The van der Waals surface area contributed by atoms with E-state index in [-0.39, 0.29) is 6.10 Å². The highest BCUT2D eigenvalue weighted by Crippen LogP contribution is 2.25. The molecule has 5 nitrogen and oxygen atoms in total. The van der Waals surface area contributed by atoms with Crippen molar-refractivity contribution in [3.8, 4) is 0 Å². The molecule has 0 aromatic heterocycles. The Morgan fingerprint density at radius 3 is 3.11 bits per heavy atom. The van der Waals surface area contributed by atoms with E-state index in [1.165, 1.54) is 0 Å². The zero-order chi connectivity index (χ0) is 13.3. The molecule has 2 N–H and O–H groups in total. The Hall–Kier alpha value is -1.11. The Morgan fingerprint density at radius 2 is 2.32 bits per heavy atom. The van der Waals surface area contributed by atoms with E-state index in [0.717, 1.165) is 43.7 Å². The smallest absolute Gasteiger partial charge is 0.240 e. The Balaban J connectivity index is 1.72. The summed E-state index contributed by atoms with van der Waals surface area (Å²) >= 11 is 0. The minimum atomic E-state index is -3.43. The number of ether oxygens (including phenoxy) is 1. The van der Waals surface area contributed by atoms with Gasteiger partial charge in [-0.1, -0.05) is 0 Å². The van der Waals surface area contributed by atoms with E-state index in [2.05, 4.69) is 10.0 Å². The topological polar surface area (TPSA) is 67.4 Å². The molecule has 1 fully saturated rings. The van der Waals surface area contributed by atoms with Gasteiger partial charge < -0.3 is 10.1 Å². The SMILES string of the molecule is O=S(=O)(NC[C@@H]1CCCO1)c1ccc2c(c1)CCN2. The number of sulfonamides is 1. The largest absolute Gasteiger partial charge is 0.384 e. The molecule has 1 aromatic carbocycles. The van der Waals surface area contributed by atoms with Gasteiger partial charge in [0.1, 0.15) is 0 Å². The second-order valence-electron chi connectivity index (χ2n) is 4.98. The fraction of sp³-hybridized carbons (Fsp3) is 0.538. The van der Waals surface area contributed by atoms with Crippen LogP contribution in [0.2, 0.25) is 0 Å². The molecule has 1 atom stereocenters. The molecule has 2 heterocycles. The normalized spacial score (nSPS) is 22.2. The monoisotopic (exact) mass is 282 g/mol. The van der Waals surface area contributed by atoms with Gasteiger partial charge in [-0.15, -0.1) is 0 Å². The molecule has 1 saturated heterocycles. The predicted molar refractivity (Wildman–Crippen MR) is 72.8 cm³/mol. The van der Waals surface area contributed by atoms with Crippen LogP contribution in [0.15, 0.2) is 23.1 Å². The molecule has 3 rings (SSSR count). The minimum absolute atomic E-state index is 0.0193. The summed E-state index contributed by atoms with van der Waals surface area (Å²) in [6.07, 6.45) is 2.84. The van der Waals surface area contributed by atoms with Crippen molar-refractivity contribution >= 4 is 15.7 Å². The zero-order valence-corrected chi connectivity index (χ0v) is 11.5. The second-order valence-corrected chi connectivity index (χ2v) is 6.75. The number of hydrogen-bond acceptors (Lipinski definition) is 4. The maximum Gasteiger partial charge on any atom is 0.240 e. The van der Waals surface area contributed by atoms with Crippen LogP contribution in [0, 0.1) is 0 Å². The third-order valence-corrected chi connectivity index (χ3v) is 5.04. The van der Waals surface area contributed by atoms with Gasteiger partial charge >= 0.3 is 0 Å².